The van der Waals surface area contributed by atoms with Gasteiger partial charge in [0.05, 0.1) is 35.5 Å². The number of alkyl halides is 9. The molecule has 0 amide bonds. The highest BCUT2D eigenvalue weighted by atomic mass is 32.2. The SMILES string of the molecule is O=S(=O)(O)c1c(C(F)(F)F)c(COCC23CC4CC(CC(O)(C4)C2)C3)c(C(F)(F)F)c(-c2ccccc2)c1C(F)(F)F. The molecule has 0 aliphatic heterocycles. The van der Waals surface area contributed by atoms with Gasteiger partial charge in [-0.2, -0.15) is 47.9 Å². The van der Waals surface area contributed by atoms with Crippen LogP contribution in [0.2, 0.25) is 0 Å². The maximum absolute atomic E-state index is 14.6. The van der Waals surface area contributed by atoms with Gasteiger partial charge in [0.15, 0.2) is 0 Å². The molecule has 0 aromatic heterocycles. The minimum Gasteiger partial charge on any atom is -0.390 e. The number of hydrogen-bond donors (Lipinski definition) is 2. The van der Waals surface area contributed by atoms with Crippen LogP contribution in [0.3, 0.4) is 0 Å². The minimum atomic E-state index is -6.41. The number of rotatable bonds is 6. The van der Waals surface area contributed by atoms with E-state index in [0.717, 1.165) is 30.7 Å². The quantitative estimate of drug-likeness (QED) is 0.255. The first-order valence-corrected chi connectivity index (χ1v) is 14.4. The molecule has 4 bridgehead atoms. The van der Waals surface area contributed by atoms with E-state index in [4.69, 9.17) is 4.74 Å². The standard InChI is InChI=1S/C27H25F9O5S/c28-25(29,30)19-17(11-41-13-23-7-14-6-15(8-23)10-24(37,9-14)12-23)20(26(31,32)33)22(42(38,39)40)21(27(34,35)36)18(19)16-4-2-1-3-5-16/h1-5,14-15,37H,6-13H2,(H,38,39,40). The monoisotopic (exact) mass is 632 g/mol. The lowest BCUT2D eigenvalue weighted by atomic mass is 9.48. The Morgan fingerprint density at radius 1 is 0.810 bits per heavy atom. The first-order chi connectivity index (χ1) is 19.1. The number of aliphatic hydroxyl groups is 1. The van der Waals surface area contributed by atoms with Crippen molar-refractivity contribution in [3.63, 3.8) is 0 Å². The largest absolute Gasteiger partial charge is 0.418 e. The maximum Gasteiger partial charge on any atom is 0.418 e. The first-order valence-electron chi connectivity index (χ1n) is 12.9. The van der Waals surface area contributed by atoms with Crippen molar-refractivity contribution >= 4 is 10.1 Å². The van der Waals surface area contributed by atoms with Crippen molar-refractivity contribution in [3.8, 4) is 11.1 Å². The Labute approximate surface area is 234 Å². The maximum atomic E-state index is 14.6. The molecule has 2 atom stereocenters. The zero-order valence-corrected chi connectivity index (χ0v) is 22.4. The third-order valence-electron chi connectivity index (χ3n) is 8.53. The van der Waals surface area contributed by atoms with E-state index in [2.05, 4.69) is 0 Å². The number of halogens is 9. The van der Waals surface area contributed by atoms with E-state index in [1.54, 1.807) is 0 Å². The third kappa shape index (κ3) is 5.64. The molecule has 0 spiro atoms. The van der Waals surface area contributed by atoms with E-state index in [-0.39, 0.29) is 18.3 Å². The van der Waals surface area contributed by atoms with Crippen LogP contribution in [0.25, 0.3) is 11.1 Å². The van der Waals surface area contributed by atoms with E-state index in [1.165, 1.54) is 6.07 Å². The van der Waals surface area contributed by atoms with E-state index < -0.39 is 91.2 Å². The summed E-state index contributed by atoms with van der Waals surface area (Å²) in [7, 11) is -6.41. The molecule has 232 valence electrons. The normalized spacial score (nSPS) is 28.0. The Hall–Kier alpha value is -2.36. The molecule has 42 heavy (non-hydrogen) atoms. The summed E-state index contributed by atoms with van der Waals surface area (Å²) in [6, 6.07) is 4.77. The second kappa shape index (κ2) is 9.83. The van der Waals surface area contributed by atoms with Crippen LogP contribution < -0.4 is 0 Å². The summed E-state index contributed by atoms with van der Waals surface area (Å²) in [6.45, 7) is -1.96. The molecule has 2 aromatic rings. The van der Waals surface area contributed by atoms with Crippen LogP contribution in [-0.2, 0) is 40.0 Å². The molecule has 2 N–H and O–H groups in total. The van der Waals surface area contributed by atoms with Crippen molar-refractivity contribution in [2.24, 2.45) is 17.3 Å². The van der Waals surface area contributed by atoms with Gasteiger partial charge < -0.3 is 9.84 Å². The number of hydrogen-bond acceptors (Lipinski definition) is 4. The Bertz CT molecular complexity index is 1470. The smallest absolute Gasteiger partial charge is 0.390 e. The van der Waals surface area contributed by atoms with Gasteiger partial charge in [-0.15, -0.1) is 0 Å². The topological polar surface area (TPSA) is 83.8 Å². The fraction of sp³-hybridized carbons (Fsp3) is 0.556. The zero-order valence-electron chi connectivity index (χ0n) is 21.6. The summed E-state index contributed by atoms with van der Waals surface area (Å²) in [5.41, 5.74) is -14.4. The lowest BCUT2D eigenvalue weighted by Crippen LogP contribution is -2.57. The average molecular weight is 633 g/mol. The minimum absolute atomic E-state index is 0.0817. The van der Waals surface area contributed by atoms with Crippen molar-refractivity contribution in [3.05, 3.63) is 52.6 Å². The molecule has 6 rings (SSSR count). The molecule has 0 heterocycles. The molecule has 2 aromatic carbocycles. The van der Waals surface area contributed by atoms with Gasteiger partial charge in [0.1, 0.15) is 4.90 Å². The predicted molar refractivity (Wildman–Crippen MR) is 128 cm³/mol. The van der Waals surface area contributed by atoms with Gasteiger partial charge in [-0.25, -0.2) is 0 Å². The van der Waals surface area contributed by atoms with Gasteiger partial charge in [-0.05, 0) is 61.3 Å². The van der Waals surface area contributed by atoms with Gasteiger partial charge in [0.2, 0.25) is 0 Å². The second-order valence-corrected chi connectivity index (χ2v) is 13.2. The molecule has 0 saturated heterocycles. The molecular weight excluding hydrogens is 607 g/mol. The van der Waals surface area contributed by atoms with Crippen molar-refractivity contribution in [2.75, 3.05) is 6.61 Å². The van der Waals surface area contributed by atoms with E-state index in [1.807, 2.05) is 0 Å². The molecule has 4 saturated carbocycles. The van der Waals surface area contributed by atoms with Gasteiger partial charge in [-0.3, -0.25) is 4.55 Å². The average Bonchev–Trinajstić information content (AvgIpc) is 2.79. The number of benzene rings is 2. The van der Waals surface area contributed by atoms with Crippen LogP contribution >= 0.6 is 0 Å². The summed E-state index contributed by atoms with van der Waals surface area (Å²) in [4.78, 5) is -2.72. The highest BCUT2D eigenvalue weighted by Crippen LogP contribution is 2.62. The number of ether oxygens (including phenoxy) is 1. The highest BCUT2D eigenvalue weighted by Gasteiger charge is 2.58. The van der Waals surface area contributed by atoms with Crippen molar-refractivity contribution < 1.29 is 62.3 Å². The second-order valence-electron chi connectivity index (χ2n) is 11.8. The fourth-order valence-corrected chi connectivity index (χ4v) is 8.87. The van der Waals surface area contributed by atoms with E-state index in [9.17, 15) is 57.6 Å². The fourth-order valence-electron chi connectivity index (χ4n) is 7.90. The van der Waals surface area contributed by atoms with E-state index >= 15 is 0 Å². The van der Waals surface area contributed by atoms with Crippen molar-refractivity contribution in [1.29, 1.82) is 0 Å². The molecule has 4 fully saturated rings. The lowest BCUT2D eigenvalue weighted by molar-refractivity contribution is -0.182. The summed E-state index contributed by atoms with van der Waals surface area (Å²) in [5.74, 6) is 0.163. The molecule has 0 radical (unpaired) electrons. The van der Waals surface area contributed by atoms with Crippen LogP contribution in [0.5, 0.6) is 0 Å². The van der Waals surface area contributed by atoms with Gasteiger partial charge >= 0.3 is 18.5 Å². The van der Waals surface area contributed by atoms with Crippen molar-refractivity contribution in [1.82, 2.24) is 0 Å². The summed E-state index contributed by atoms with van der Waals surface area (Å²) >= 11 is 0. The molecule has 5 nitrogen and oxygen atoms in total. The van der Waals surface area contributed by atoms with Crippen LogP contribution in [0.1, 0.15) is 60.8 Å². The Morgan fingerprint density at radius 2 is 1.33 bits per heavy atom. The van der Waals surface area contributed by atoms with Gasteiger partial charge in [-0.1, -0.05) is 30.3 Å². The molecule has 4 aliphatic carbocycles. The van der Waals surface area contributed by atoms with Crippen LogP contribution in [0, 0.1) is 17.3 Å². The Balaban J connectivity index is 1.74. The third-order valence-corrected chi connectivity index (χ3v) is 9.46. The molecule has 2 unspecified atom stereocenters. The molecule has 15 heteroatoms. The zero-order chi connectivity index (χ0) is 31.1. The molecular formula is C27H25F9O5S. The Morgan fingerprint density at radius 3 is 1.79 bits per heavy atom. The predicted octanol–water partition coefficient (Wildman–Crippen LogP) is 7.50. The van der Waals surface area contributed by atoms with E-state index in [0.29, 0.717) is 25.7 Å². The highest BCUT2D eigenvalue weighted by molar-refractivity contribution is 7.86. The van der Waals surface area contributed by atoms with Crippen LogP contribution in [0.4, 0.5) is 39.5 Å². The lowest BCUT2D eigenvalue weighted by Gasteiger charge is -2.60. The molecule has 4 aliphatic rings. The summed E-state index contributed by atoms with van der Waals surface area (Å²) < 4.78 is 170. The first kappa shape index (κ1) is 31.1. The van der Waals surface area contributed by atoms with Crippen LogP contribution in [0.15, 0.2) is 35.2 Å². The van der Waals surface area contributed by atoms with Crippen molar-refractivity contribution in [2.45, 2.75) is 74.2 Å². The Kier molecular flexibility index (Phi) is 7.27. The summed E-state index contributed by atoms with van der Waals surface area (Å²) in [5, 5.41) is 10.9. The van der Waals surface area contributed by atoms with Crippen LogP contribution in [-0.4, -0.2) is 30.3 Å². The van der Waals surface area contributed by atoms with Gasteiger partial charge in [0.25, 0.3) is 10.1 Å². The summed E-state index contributed by atoms with van der Waals surface area (Å²) in [6.07, 6.45) is -15.0. The van der Waals surface area contributed by atoms with Gasteiger partial charge in [0, 0.05) is 11.1 Å².